The minimum atomic E-state index is 0.933. The zero-order valence-corrected chi connectivity index (χ0v) is 24.8. The van der Waals surface area contributed by atoms with E-state index in [-0.39, 0.29) is 0 Å². The van der Waals surface area contributed by atoms with E-state index in [0.717, 1.165) is 61.4 Å². The number of fused-ring (bicyclic) bond motifs is 10. The lowest BCUT2D eigenvalue weighted by molar-refractivity contribution is 1.10. The summed E-state index contributed by atoms with van der Waals surface area (Å²) in [6, 6.07) is 56.0. The summed E-state index contributed by atoms with van der Waals surface area (Å²) in [4.78, 5) is 10.2. The van der Waals surface area contributed by atoms with Gasteiger partial charge in [0.1, 0.15) is 11.5 Å². The molecule has 4 heteroatoms. The number of nitrogens with zero attached hydrogens (tertiary/aromatic N) is 4. The van der Waals surface area contributed by atoms with Crippen LogP contribution in [0.25, 0.3) is 88.4 Å². The van der Waals surface area contributed by atoms with Crippen molar-refractivity contribution in [3.05, 3.63) is 158 Å². The van der Waals surface area contributed by atoms with E-state index in [1.54, 1.807) is 0 Å². The SMILES string of the molecule is c1ccc(-n2c(-c3ccc(-c4ccc5c6cc7ccccc7cc6c6nc7ccccc7n6c5c4)cc3)nc3ccccc32)cc1. The Morgan fingerprint density at radius 1 is 0.391 bits per heavy atom. The molecule has 0 aliphatic rings. The van der Waals surface area contributed by atoms with E-state index in [1.807, 2.05) is 12.1 Å². The van der Waals surface area contributed by atoms with Crippen LogP contribution in [-0.4, -0.2) is 18.9 Å². The number of benzene rings is 7. The lowest BCUT2D eigenvalue weighted by atomic mass is 9.97. The molecular formula is C42H26N4. The molecule has 0 aliphatic carbocycles. The van der Waals surface area contributed by atoms with Gasteiger partial charge < -0.3 is 0 Å². The summed E-state index contributed by atoms with van der Waals surface area (Å²) < 4.78 is 4.58. The van der Waals surface area contributed by atoms with E-state index in [4.69, 9.17) is 9.97 Å². The van der Waals surface area contributed by atoms with E-state index in [0.29, 0.717) is 0 Å². The normalized spacial score (nSPS) is 11.9. The van der Waals surface area contributed by atoms with E-state index in [9.17, 15) is 0 Å². The minimum absolute atomic E-state index is 0.933. The van der Waals surface area contributed by atoms with Crippen molar-refractivity contribution in [2.45, 2.75) is 0 Å². The molecule has 0 N–H and O–H groups in total. The molecule has 3 heterocycles. The van der Waals surface area contributed by atoms with Gasteiger partial charge in [-0.25, -0.2) is 9.97 Å². The van der Waals surface area contributed by atoms with Crippen LogP contribution in [0.2, 0.25) is 0 Å². The summed E-state index contributed by atoms with van der Waals surface area (Å²) in [5.41, 5.74) is 10.8. The molecule has 0 fully saturated rings. The van der Waals surface area contributed by atoms with E-state index < -0.39 is 0 Å². The van der Waals surface area contributed by atoms with Crippen LogP contribution in [0, 0.1) is 0 Å². The zero-order chi connectivity index (χ0) is 30.2. The van der Waals surface area contributed by atoms with Crippen LogP contribution in [-0.2, 0) is 0 Å². The van der Waals surface area contributed by atoms with Gasteiger partial charge in [-0.1, -0.05) is 103 Å². The zero-order valence-electron chi connectivity index (χ0n) is 24.8. The third kappa shape index (κ3) is 3.67. The molecule has 0 radical (unpaired) electrons. The van der Waals surface area contributed by atoms with Gasteiger partial charge >= 0.3 is 0 Å². The van der Waals surface area contributed by atoms with Crippen LogP contribution in [0.5, 0.6) is 0 Å². The second-order valence-electron chi connectivity index (χ2n) is 11.9. The standard InChI is InChI=1S/C42H26N4/c1-2-12-32(13-3-1)45-38-16-8-6-14-36(38)43-41(45)28-20-18-27(19-21-28)31-22-23-33-34-24-29-10-4-5-11-30(29)25-35(34)42-44-37-15-7-9-17-39(37)46(42)40(33)26-31/h1-26H. The van der Waals surface area contributed by atoms with Crippen molar-refractivity contribution in [1.29, 1.82) is 0 Å². The highest BCUT2D eigenvalue weighted by atomic mass is 15.1. The molecule has 0 spiro atoms. The van der Waals surface area contributed by atoms with Gasteiger partial charge in [-0.05, 0) is 81.9 Å². The first-order chi connectivity index (χ1) is 22.8. The first kappa shape index (κ1) is 25.1. The fourth-order valence-corrected chi connectivity index (χ4v) is 7.09. The highest BCUT2D eigenvalue weighted by molar-refractivity contribution is 6.18. The Bertz CT molecular complexity index is 2790. The van der Waals surface area contributed by atoms with Crippen molar-refractivity contribution in [1.82, 2.24) is 18.9 Å². The van der Waals surface area contributed by atoms with E-state index >= 15 is 0 Å². The minimum Gasteiger partial charge on any atom is -0.292 e. The Labute approximate surface area is 264 Å². The van der Waals surface area contributed by atoms with Crippen LogP contribution in [0.4, 0.5) is 0 Å². The predicted molar refractivity (Wildman–Crippen MR) is 191 cm³/mol. The van der Waals surface area contributed by atoms with Gasteiger partial charge in [-0.2, -0.15) is 0 Å². The van der Waals surface area contributed by atoms with Crippen LogP contribution in [0.1, 0.15) is 0 Å². The molecule has 4 nitrogen and oxygen atoms in total. The van der Waals surface area contributed by atoms with Gasteiger partial charge in [-0.15, -0.1) is 0 Å². The van der Waals surface area contributed by atoms with Gasteiger partial charge in [0.15, 0.2) is 0 Å². The molecule has 46 heavy (non-hydrogen) atoms. The number of aromatic nitrogens is 4. The molecule has 0 saturated heterocycles. The molecule has 0 atom stereocenters. The molecule has 0 aliphatic heterocycles. The molecule has 0 bridgehead atoms. The summed E-state index contributed by atoms with van der Waals surface area (Å²) >= 11 is 0. The van der Waals surface area contributed by atoms with Gasteiger partial charge in [0, 0.05) is 22.0 Å². The third-order valence-corrected chi connectivity index (χ3v) is 9.27. The highest BCUT2D eigenvalue weighted by Gasteiger charge is 2.17. The number of rotatable bonds is 3. The molecule has 3 aromatic heterocycles. The third-order valence-electron chi connectivity index (χ3n) is 9.27. The van der Waals surface area contributed by atoms with Crippen molar-refractivity contribution in [3.8, 4) is 28.2 Å². The number of imidazole rings is 2. The lowest BCUT2D eigenvalue weighted by Crippen LogP contribution is -1.97. The van der Waals surface area contributed by atoms with Crippen LogP contribution in [0.3, 0.4) is 0 Å². The van der Waals surface area contributed by atoms with Crippen molar-refractivity contribution in [2.75, 3.05) is 0 Å². The fraction of sp³-hybridized carbons (Fsp3) is 0. The maximum Gasteiger partial charge on any atom is 0.146 e. The Hall–Kier alpha value is -6.26. The molecule has 7 aromatic carbocycles. The Morgan fingerprint density at radius 2 is 1.00 bits per heavy atom. The summed E-state index contributed by atoms with van der Waals surface area (Å²) in [5, 5.41) is 6.06. The van der Waals surface area contributed by atoms with Crippen LogP contribution in [0.15, 0.2) is 158 Å². The Morgan fingerprint density at radius 3 is 1.78 bits per heavy atom. The molecule has 10 aromatic rings. The van der Waals surface area contributed by atoms with E-state index in [2.05, 4.69) is 155 Å². The summed E-state index contributed by atoms with van der Waals surface area (Å²) in [6.45, 7) is 0. The molecule has 0 saturated carbocycles. The maximum absolute atomic E-state index is 5.15. The number of para-hydroxylation sites is 5. The Balaban J connectivity index is 1.17. The molecule has 0 unspecified atom stereocenters. The molecule has 214 valence electrons. The Kier molecular flexibility index (Phi) is 5.25. The summed E-state index contributed by atoms with van der Waals surface area (Å²) in [5.74, 6) is 0.933. The smallest absolute Gasteiger partial charge is 0.146 e. The quantitative estimate of drug-likeness (QED) is 0.152. The van der Waals surface area contributed by atoms with Gasteiger partial charge in [0.05, 0.1) is 27.6 Å². The largest absolute Gasteiger partial charge is 0.292 e. The highest BCUT2D eigenvalue weighted by Crippen LogP contribution is 2.37. The van der Waals surface area contributed by atoms with Crippen molar-refractivity contribution >= 4 is 60.2 Å². The van der Waals surface area contributed by atoms with Crippen LogP contribution < -0.4 is 0 Å². The van der Waals surface area contributed by atoms with Gasteiger partial charge in [-0.3, -0.25) is 8.97 Å². The average Bonchev–Trinajstić information content (AvgIpc) is 3.71. The summed E-state index contributed by atoms with van der Waals surface area (Å²) in [6.07, 6.45) is 0. The van der Waals surface area contributed by atoms with Crippen LogP contribution >= 0.6 is 0 Å². The molecular weight excluding hydrogens is 560 g/mol. The second kappa shape index (κ2) is 9.62. The molecule has 10 rings (SSSR count). The topological polar surface area (TPSA) is 35.1 Å². The van der Waals surface area contributed by atoms with Crippen molar-refractivity contribution in [3.63, 3.8) is 0 Å². The predicted octanol–water partition coefficient (Wildman–Crippen LogP) is 10.6. The second-order valence-corrected chi connectivity index (χ2v) is 11.9. The molecule has 0 amide bonds. The fourth-order valence-electron chi connectivity index (χ4n) is 7.09. The van der Waals surface area contributed by atoms with E-state index in [1.165, 1.54) is 26.9 Å². The van der Waals surface area contributed by atoms with Gasteiger partial charge in [0.2, 0.25) is 0 Å². The summed E-state index contributed by atoms with van der Waals surface area (Å²) in [7, 11) is 0. The number of hydrogen-bond acceptors (Lipinski definition) is 2. The first-order valence-corrected chi connectivity index (χ1v) is 15.6. The number of hydrogen-bond donors (Lipinski definition) is 0. The van der Waals surface area contributed by atoms with Gasteiger partial charge in [0.25, 0.3) is 0 Å². The lowest BCUT2D eigenvalue weighted by Gasteiger charge is -2.13. The number of pyridine rings is 1. The van der Waals surface area contributed by atoms with Crippen molar-refractivity contribution in [2.24, 2.45) is 0 Å². The van der Waals surface area contributed by atoms with Crippen molar-refractivity contribution < 1.29 is 0 Å². The average molecular weight is 587 g/mol. The monoisotopic (exact) mass is 586 g/mol. The first-order valence-electron chi connectivity index (χ1n) is 15.6. The maximum atomic E-state index is 5.15.